The summed E-state index contributed by atoms with van der Waals surface area (Å²) < 4.78 is 0. The molecule has 19 heavy (non-hydrogen) atoms. The van der Waals surface area contributed by atoms with Gasteiger partial charge in [-0.15, -0.1) is 0 Å². The fraction of sp³-hybridized carbons (Fsp3) is 0.643. The highest BCUT2D eigenvalue weighted by Gasteiger charge is 2.18. The SMILES string of the molecule is CCC(C)NC(=O)c1cc(N2CCCC2)nc(C)n1. The third kappa shape index (κ3) is 3.43. The summed E-state index contributed by atoms with van der Waals surface area (Å²) in [5.74, 6) is 1.42. The maximum atomic E-state index is 12.1. The number of carbonyl (C=O) groups excluding carboxylic acids is 1. The van der Waals surface area contributed by atoms with Crippen LogP contribution in [0.2, 0.25) is 0 Å². The highest BCUT2D eigenvalue weighted by atomic mass is 16.1. The second-order valence-corrected chi connectivity index (χ2v) is 5.14. The number of hydrogen-bond donors (Lipinski definition) is 1. The maximum Gasteiger partial charge on any atom is 0.270 e. The van der Waals surface area contributed by atoms with Crippen LogP contribution in [-0.2, 0) is 0 Å². The van der Waals surface area contributed by atoms with Gasteiger partial charge in [0.15, 0.2) is 0 Å². The quantitative estimate of drug-likeness (QED) is 0.900. The zero-order valence-electron chi connectivity index (χ0n) is 11.9. The molecule has 1 amide bonds. The summed E-state index contributed by atoms with van der Waals surface area (Å²) in [7, 11) is 0. The summed E-state index contributed by atoms with van der Waals surface area (Å²) in [6.07, 6.45) is 3.30. The van der Waals surface area contributed by atoms with Crippen LogP contribution in [0.4, 0.5) is 5.82 Å². The molecule has 1 aromatic heterocycles. The first-order valence-electron chi connectivity index (χ1n) is 7.01. The van der Waals surface area contributed by atoms with E-state index in [1.807, 2.05) is 20.8 Å². The van der Waals surface area contributed by atoms with Gasteiger partial charge in [-0.2, -0.15) is 0 Å². The Bertz CT molecular complexity index is 455. The Morgan fingerprint density at radius 1 is 1.42 bits per heavy atom. The molecule has 0 bridgehead atoms. The predicted molar refractivity (Wildman–Crippen MR) is 75.4 cm³/mol. The van der Waals surface area contributed by atoms with E-state index in [0.717, 1.165) is 25.3 Å². The zero-order valence-corrected chi connectivity index (χ0v) is 11.9. The van der Waals surface area contributed by atoms with Crippen molar-refractivity contribution in [1.82, 2.24) is 15.3 Å². The fourth-order valence-electron chi connectivity index (χ4n) is 2.18. The summed E-state index contributed by atoms with van der Waals surface area (Å²) in [6, 6.07) is 1.97. The van der Waals surface area contributed by atoms with Crippen LogP contribution in [0.1, 0.15) is 49.4 Å². The largest absolute Gasteiger partial charge is 0.356 e. The highest BCUT2D eigenvalue weighted by Crippen LogP contribution is 2.18. The molecule has 0 spiro atoms. The molecule has 0 radical (unpaired) electrons. The normalized spacial score (nSPS) is 16.5. The van der Waals surface area contributed by atoms with E-state index >= 15 is 0 Å². The summed E-state index contributed by atoms with van der Waals surface area (Å²) in [5.41, 5.74) is 0.467. The third-order valence-corrected chi connectivity index (χ3v) is 3.48. The number of aryl methyl sites for hydroxylation is 1. The van der Waals surface area contributed by atoms with Gasteiger partial charge < -0.3 is 10.2 Å². The lowest BCUT2D eigenvalue weighted by Crippen LogP contribution is -2.33. The van der Waals surface area contributed by atoms with Crippen LogP contribution in [0.5, 0.6) is 0 Å². The highest BCUT2D eigenvalue weighted by molar-refractivity contribution is 5.93. The molecule has 0 saturated carbocycles. The number of anilines is 1. The molecule has 104 valence electrons. The minimum absolute atomic E-state index is 0.111. The van der Waals surface area contributed by atoms with Gasteiger partial charge in [-0.05, 0) is 33.1 Å². The smallest absolute Gasteiger partial charge is 0.270 e. The number of amides is 1. The molecule has 0 aliphatic carbocycles. The second kappa shape index (κ2) is 5.99. The van der Waals surface area contributed by atoms with Gasteiger partial charge in [-0.1, -0.05) is 6.92 Å². The molecule has 0 aromatic carbocycles. The average Bonchev–Trinajstić information content (AvgIpc) is 2.91. The molecule has 1 fully saturated rings. The van der Waals surface area contributed by atoms with Gasteiger partial charge in [0, 0.05) is 25.2 Å². The number of nitrogens with one attached hydrogen (secondary N) is 1. The first-order valence-corrected chi connectivity index (χ1v) is 7.01. The Hall–Kier alpha value is -1.65. The number of rotatable bonds is 4. The first kappa shape index (κ1) is 13.8. The van der Waals surface area contributed by atoms with Gasteiger partial charge in [0.1, 0.15) is 17.3 Å². The van der Waals surface area contributed by atoms with Gasteiger partial charge >= 0.3 is 0 Å². The van der Waals surface area contributed by atoms with E-state index in [1.54, 1.807) is 6.07 Å². The number of nitrogens with zero attached hydrogens (tertiary/aromatic N) is 3. The molecule has 1 aromatic rings. The van der Waals surface area contributed by atoms with Crippen molar-refractivity contribution in [3.8, 4) is 0 Å². The second-order valence-electron chi connectivity index (χ2n) is 5.14. The van der Waals surface area contributed by atoms with Crippen molar-refractivity contribution in [2.24, 2.45) is 0 Å². The van der Waals surface area contributed by atoms with E-state index in [-0.39, 0.29) is 11.9 Å². The van der Waals surface area contributed by atoms with Crippen LogP contribution in [-0.4, -0.2) is 35.0 Å². The van der Waals surface area contributed by atoms with E-state index in [0.29, 0.717) is 11.5 Å². The number of hydrogen-bond acceptors (Lipinski definition) is 4. The van der Waals surface area contributed by atoms with Crippen molar-refractivity contribution in [2.45, 2.75) is 46.1 Å². The maximum absolute atomic E-state index is 12.1. The Balaban J connectivity index is 2.18. The van der Waals surface area contributed by atoms with E-state index in [9.17, 15) is 4.79 Å². The van der Waals surface area contributed by atoms with Gasteiger partial charge in [0.25, 0.3) is 5.91 Å². The molecule has 1 atom stereocenters. The topological polar surface area (TPSA) is 58.1 Å². The van der Waals surface area contributed by atoms with Crippen LogP contribution in [0.3, 0.4) is 0 Å². The van der Waals surface area contributed by atoms with Crippen LogP contribution in [0, 0.1) is 6.92 Å². The molecular weight excluding hydrogens is 240 g/mol. The molecule has 1 saturated heterocycles. The molecule has 2 heterocycles. The summed E-state index contributed by atoms with van der Waals surface area (Å²) in [4.78, 5) is 23.0. The summed E-state index contributed by atoms with van der Waals surface area (Å²) in [6.45, 7) is 7.91. The van der Waals surface area contributed by atoms with Crippen molar-refractivity contribution < 1.29 is 4.79 Å². The Labute approximate surface area is 114 Å². The minimum Gasteiger partial charge on any atom is -0.356 e. The lowest BCUT2D eigenvalue weighted by atomic mass is 10.2. The number of carbonyl (C=O) groups is 1. The summed E-state index contributed by atoms with van der Waals surface area (Å²) in [5, 5.41) is 2.94. The fourth-order valence-corrected chi connectivity index (χ4v) is 2.18. The first-order chi connectivity index (χ1) is 9.10. The third-order valence-electron chi connectivity index (χ3n) is 3.48. The van der Waals surface area contributed by atoms with Gasteiger partial charge in [-0.3, -0.25) is 4.79 Å². The molecule has 1 aliphatic heterocycles. The lowest BCUT2D eigenvalue weighted by Gasteiger charge is -2.18. The van der Waals surface area contributed by atoms with Crippen LogP contribution < -0.4 is 10.2 Å². The Kier molecular flexibility index (Phi) is 4.35. The minimum atomic E-state index is -0.111. The van der Waals surface area contributed by atoms with E-state index in [2.05, 4.69) is 20.2 Å². The van der Waals surface area contributed by atoms with E-state index in [1.165, 1.54) is 12.8 Å². The van der Waals surface area contributed by atoms with E-state index < -0.39 is 0 Å². The van der Waals surface area contributed by atoms with Crippen LogP contribution in [0.15, 0.2) is 6.07 Å². The standard InChI is InChI=1S/C14H22N4O/c1-4-10(2)15-14(19)12-9-13(17-11(3)16-12)18-7-5-6-8-18/h9-10H,4-8H2,1-3H3,(H,15,19). The summed E-state index contributed by atoms with van der Waals surface area (Å²) >= 11 is 0. The van der Waals surface area contributed by atoms with Gasteiger partial charge in [-0.25, -0.2) is 9.97 Å². The molecule has 2 rings (SSSR count). The lowest BCUT2D eigenvalue weighted by molar-refractivity contribution is 0.0934. The Morgan fingerprint density at radius 2 is 2.11 bits per heavy atom. The molecule has 5 nitrogen and oxygen atoms in total. The van der Waals surface area contributed by atoms with Gasteiger partial charge in [0.05, 0.1) is 0 Å². The van der Waals surface area contributed by atoms with Crippen LogP contribution >= 0.6 is 0 Å². The zero-order chi connectivity index (χ0) is 13.8. The molecule has 1 unspecified atom stereocenters. The van der Waals surface area contributed by atoms with Crippen molar-refractivity contribution >= 4 is 11.7 Å². The van der Waals surface area contributed by atoms with Crippen molar-refractivity contribution in [3.63, 3.8) is 0 Å². The number of aromatic nitrogens is 2. The molecule has 1 N–H and O–H groups in total. The van der Waals surface area contributed by atoms with E-state index in [4.69, 9.17) is 0 Å². The van der Waals surface area contributed by atoms with Gasteiger partial charge in [0.2, 0.25) is 0 Å². The molecule has 1 aliphatic rings. The Morgan fingerprint density at radius 3 is 2.74 bits per heavy atom. The molecule has 5 heteroatoms. The monoisotopic (exact) mass is 262 g/mol. The predicted octanol–water partition coefficient (Wildman–Crippen LogP) is 1.91. The van der Waals surface area contributed by atoms with Crippen molar-refractivity contribution in [1.29, 1.82) is 0 Å². The van der Waals surface area contributed by atoms with Crippen molar-refractivity contribution in [3.05, 3.63) is 17.6 Å². The molecular formula is C14H22N4O. The van der Waals surface area contributed by atoms with Crippen molar-refractivity contribution in [2.75, 3.05) is 18.0 Å². The average molecular weight is 262 g/mol. The van der Waals surface area contributed by atoms with Crippen LogP contribution in [0.25, 0.3) is 0 Å².